The van der Waals surface area contributed by atoms with Crippen LogP contribution in [0.25, 0.3) is 0 Å². The van der Waals surface area contributed by atoms with Gasteiger partial charge in [0.2, 0.25) is 5.91 Å². The van der Waals surface area contributed by atoms with Gasteiger partial charge in [-0.1, -0.05) is 6.92 Å². The maximum Gasteiger partial charge on any atom is 0.245 e. The number of carbonyl (C=O) groups is 1. The molecule has 1 atom stereocenters. The number of nitrogens with one attached hydrogen (secondary N) is 1. The Morgan fingerprint density at radius 2 is 2.30 bits per heavy atom. The van der Waals surface area contributed by atoms with Gasteiger partial charge in [0.1, 0.15) is 6.61 Å². The lowest BCUT2D eigenvalue weighted by Crippen LogP contribution is -2.25. The fraction of sp³-hybridized carbons (Fsp3) is 0.857. The van der Waals surface area contributed by atoms with Gasteiger partial charge in [-0.15, -0.1) is 0 Å². The quantitative estimate of drug-likeness (QED) is 0.627. The van der Waals surface area contributed by atoms with Gasteiger partial charge in [-0.2, -0.15) is 0 Å². The highest BCUT2D eigenvalue weighted by Gasteiger charge is 2.01. The third-order valence-corrected chi connectivity index (χ3v) is 1.35. The fourth-order valence-corrected chi connectivity index (χ4v) is 0.408. The Bertz CT molecular complexity index is 104. The molecule has 0 saturated carbocycles. The summed E-state index contributed by atoms with van der Waals surface area (Å²) in [5.74, 6) is -0.0692. The van der Waals surface area contributed by atoms with Gasteiger partial charge in [0.25, 0.3) is 0 Å². The number of hydrogen-bond donors (Lipinski definition) is 1. The zero-order valence-electron chi connectivity index (χ0n) is 6.81. The summed E-state index contributed by atoms with van der Waals surface area (Å²) >= 11 is 0. The summed E-state index contributed by atoms with van der Waals surface area (Å²) in [5, 5.41) is 2.48. The molecule has 0 bridgehead atoms. The Labute approximate surface area is 61.8 Å². The molecule has 0 unspecified atom stereocenters. The van der Waals surface area contributed by atoms with Crippen LogP contribution in [0.15, 0.2) is 0 Å². The van der Waals surface area contributed by atoms with Gasteiger partial charge in [-0.3, -0.25) is 4.79 Å². The van der Waals surface area contributed by atoms with Crippen LogP contribution in [-0.2, 0) is 9.53 Å². The molecule has 0 heterocycles. The minimum Gasteiger partial charge on any atom is -0.369 e. The lowest BCUT2D eigenvalue weighted by atomic mass is 10.3. The molecule has 0 radical (unpaired) electrons. The Kier molecular flexibility index (Phi) is 4.94. The molecular formula is C7H15NO2. The largest absolute Gasteiger partial charge is 0.369 e. The second-order valence-electron chi connectivity index (χ2n) is 2.20. The van der Waals surface area contributed by atoms with E-state index < -0.39 is 0 Å². The average Bonchev–Trinajstić information content (AvgIpc) is 1.99. The third kappa shape index (κ3) is 4.32. The van der Waals surface area contributed by atoms with E-state index in [-0.39, 0.29) is 18.6 Å². The average molecular weight is 145 g/mol. The molecule has 10 heavy (non-hydrogen) atoms. The molecule has 0 aromatic heterocycles. The predicted molar refractivity (Wildman–Crippen MR) is 39.8 cm³/mol. The van der Waals surface area contributed by atoms with Gasteiger partial charge in [-0.05, 0) is 13.3 Å². The lowest BCUT2D eigenvalue weighted by Gasteiger charge is -2.08. The van der Waals surface area contributed by atoms with Gasteiger partial charge < -0.3 is 10.1 Å². The summed E-state index contributed by atoms with van der Waals surface area (Å²) in [6.07, 6.45) is 1.12. The molecule has 0 spiro atoms. The molecule has 1 amide bonds. The SMILES string of the molecule is CC[C@H](C)OCC(=O)NC. The van der Waals surface area contributed by atoms with E-state index in [1.165, 1.54) is 0 Å². The predicted octanol–water partition coefficient (Wildman–Crippen LogP) is 0.547. The molecule has 0 aliphatic carbocycles. The van der Waals surface area contributed by atoms with Crippen LogP contribution < -0.4 is 5.32 Å². The number of amides is 1. The van der Waals surface area contributed by atoms with Crippen LogP contribution >= 0.6 is 0 Å². The first kappa shape index (κ1) is 9.43. The summed E-state index contributed by atoms with van der Waals surface area (Å²) in [6.45, 7) is 4.14. The summed E-state index contributed by atoms with van der Waals surface area (Å²) in [7, 11) is 1.60. The van der Waals surface area contributed by atoms with E-state index in [1.807, 2.05) is 13.8 Å². The zero-order valence-corrected chi connectivity index (χ0v) is 6.81. The van der Waals surface area contributed by atoms with Crippen molar-refractivity contribution in [3.05, 3.63) is 0 Å². The number of likely N-dealkylation sites (N-methyl/N-ethyl adjacent to an activating group) is 1. The third-order valence-electron chi connectivity index (χ3n) is 1.35. The molecule has 0 aromatic rings. The maximum atomic E-state index is 10.6. The van der Waals surface area contributed by atoms with E-state index in [0.29, 0.717) is 0 Å². The molecule has 0 aliphatic heterocycles. The van der Waals surface area contributed by atoms with E-state index in [0.717, 1.165) is 6.42 Å². The van der Waals surface area contributed by atoms with Gasteiger partial charge in [-0.25, -0.2) is 0 Å². The molecule has 0 fully saturated rings. The molecule has 0 rings (SSSR count). The second kappa shape index (κ2) is 5.23. The number of hydrogen-bond acceptors (Lipinski definition) is 2. The summed E-state index contributed by atoms with van der Waals surface area (Å²) in [4.78, 5) is 10.6. The lowest BCUT2D eigenvalue weighted by molar-refractivity contribution is -0.126. The van der Waals surface area contributed by atoms with E-state index >= 15 is 0 Å². The van der Waals surface area contributed by atoms with Crippen molar-refractivity contribution in [3.8, 4) is 0 Å². The van der Waals surface area contributed by atoms with Crippen molar-refractivity contribution in [2.45, 2.75) is 26.4 Å². The van der Waals surface area contributed by atoms with E-state index in [2.05, 4.69) is 5.32 Å². The normalized spacial score (nSPS) is 12.7. The van der Waals surface area contributed by atoms with Gasteiger partial charge in [0.15, 0.2) is 0 Å². The topological polar surface area (TPSA) is 38.3 Å². The van der Waals surface area contributed by atoms with Crippen molar-refractivity contribution in [1.29, 1.82) is 0 Å². The second-order valence-corrected chi connectivity index (χ2v) is 2.20. The van der Waals surface area contributed by atoms with Crippen molar-refractivity contribution in [2.75, 3.05) is 13.7 Å². The summed E-state index contributed by atoms with van der Waals surface area (Å²) < 4.78 is 5.13. The standard InChI is InChI=1S/C7H15NO2/c1-4-6(2)10-5-7(9)8-3/h6H,4-5H2,1-3H3,(H,8,9)/t6-/m0/s1. The summed E-state index contributed by atoms with van der Waals surface area (Å²) in [6, 6.07) is 0. The molecule has 0 saturated heterocycles. The Morgan fingerprint density at radius 3 is 2.70 bits per heavy atom. The number of ether oxygens (including phenoxy) is 1. The number of rotatable bonds is 4. The fourth-order valence-electron chi connectivity index (χ4n) is 0.408. The van der Waals surface area contributed by atoms with Crippen LogP contribution in [0, 0.1) is 0 Å². The van der Waals surface area contributed by atoms with E-state index in [9.17, 15) is 4.79 Å². The van der Waals surface area contributed by atoms with Crippen LogP contribution in [0.5, 0.6) is 0 Å². The zero-order chi connectivity index (χ0) is 7.98. The van der Waals surface area contributed by atoms with Crippen LogP contribution in [0.4, 0.5) is 0 Å². The first-order chi connectivity index (χ1) is 4.70. The van der Waals surface area contributed by atoms with E-state index in [4.69, 9.17) is 4.74 Å². The smallest absolute Gasteiger partial charge is 0.245 e. The first-order valence-corrected chi connectivity index (χ1v) is 3.52. The number of carbonyl (C=O) groups excluding carboxylic acids is 1. The minimum atomic E-state index is -0.0692. The van der Waals surface area contributed by atoms with Crippen LogP contribution in [0.1, 0.15) is 20.3 Å². The molecule has 3 nitrogen and oxygen atoms in total. The van der Waals surface area contributed by atoms with Gasteiger partial charge >= 0.3 is 0 Å². The van der Waals surface area contributed by atoms with Gasteiger partial charge in [0, 0.05) is 7.05 Å². The highest BCUT2D eigenvalue weighted by molar-refractivity contribution is 5.76. The van der Waals surface area contributed by atoms with Crippen molar-refractivity contribution >= 4 is 5.91 Å². The highest BCUT2D eigenvalue weighted by atomic mass is 16.5. The Balaban J connectivity index is 3.26. The van der Waals surface area contributed by atoms with Crippen LogP contribution in [-0.4, -0.2) is 25.7 Å². The van der Waals surface area contributed by atoms with Crippen LogP contribution in [0.2, 0.25) is 0 Å². The monoisotopic (exact) mass is 145 g/mol. The molecule has 0 aliphatic rings. The van der Waals surface area contributed by atoms with Crippen molar-refractivity contribution < 1.29 is 9.53 Å². The van der Waals surface area contributed by atoms with Crippen molar-refractivity contribution in [1.82, 2.24) is 5.32 Å². The van der Waals surface area contributed by atoms with E-state index in [1.54, 1.807) is 7.05 Å². The highest BCUT2D eigenvalue weighted by Crippen LogP contribution is 1.93. The molecule has 60 valence electrons. The Morgan fingerprint density at radius 1 is 1.70 bits per heavy atom. The molecule has 0 aromatic carbocycles. The molecular weight excluding hydrogens is 130 g/mol. The van der Waals surface area contributed by atoms with Crippen molar-refractivity contribution in [3.63, 3.8) is 0 Å². The van der Waals surface area contributed by atoms with Crippen molar-refractivity contribution in [2.24, 2.45) is 0 Å². The van der Waals surface area contributed by atoms with Gasteiger partial charge in [0.05, 0.1) is 6.10 Å². The Hall–Kier alpha value is -0.570. The maximum absolute atomic E-state index is 10.6. The first-order valence-electron chi connectivity index (χ1n) is 3.52. The van der Waals surface area contributed by atoms with Crippen LogP contribution in [0.3, 0.4) is 0 Å². The molecule has 1 N–H and O–H groups in total. The molecule has 3 heteroatoms. The summed E-state index contributed by atoms with van der Waals surface area (Å²) in [5.41, 5.74) is 0. The minimum absolute atomic E-state index is 0.0692.